The maximum atomic E-state index is 12.1. The van der Waals surface area contributed by atoms with Crippen LogP contribution in [-0.2, 0) is 0 Å². The summed E-state index contributed by atoms with van der Waals surface area (Å²) >= 11 is 0. The van der Waals surface area contributed by atoms with Crippen molar-refractivity contribution in [1.82, 2.24) is 15.4 Å². The number of amides is 1. The van der Waals surface area contributed by atoms with Crippen molar-refractivity contribution >= 4 is 22.5 Å². The van der Waals surface area contributed by atoms with Gasteiger partial charge in [0.05, 0.1) is 23.4 Å². The molecule has 0 unspecified atom stereocenters. The van der Waals surface area contributed by atoms with Gasteiger partial charge in [-0.15, -0.1) is 0 Å². The molecule has 0 spiro atoms. The molecule has 0 saturated heterocycles. The van der Waals surface area contributed by atoms with Gasteiger partial charge in [-0.25, -0.2) is 0 Å². The molecule has 1 aromatic carbocycles. The summed E-state index contributed by atoms with van der Waals surface area (Å²) < 4.78 is 5.51. The molecule has 0 bridgehead atoms. The van der Waals surface area contributed by atoms with Gasteiger partial charge in [0.15, 0.2) is 0 Å². The molecular formula is C18H18N4O2. The van der Waals surface area contributed by atoms with Crippen molar-refractivity contribution in [1.29, 1.82) is 0 Å². The summed E-state index contributed by atoms with van der Waals surface area (Å²) in [6.45, 7) is 4.44. The van der Waals surface area contributed by atoms with Crippen LogP contribution in [0.3, 0.4) is 0 Å². The first-order chi connectivity index (χ1) is 11.7. The quantitative estimate of drug-likeness (QED) is 0.706. The largest absolute Gasteiger partial charge is 0.494 e. The molecule has 122 valence electrons. The van der Waals surface area contributed by atoms with Gasteiger partial charge >= 0.3 is 0 Å². The number of carbonyl (C=O) groups excluding carboxylic acids is 1. The molecule has 2 heterocycles. The van der Waals surface area contributed by atoms with Gasteiger partial charge in [0.1, 0.15) is 5.75 Å². The zero-order valence-electron chi connectivity index (χ0n) is 13.5. The Hall–Kier alpha value is -3.15. The first-order valence-electron chi connectivity index (χ1n) is 7.68. The van der Waals surface area contributed by atoms with Crippen molar-refractivity contribution in [3.8, 4) is 5.75 Å². The van der Waals surface area contributed by atoms with Crippen molar-refractivity contribution in [2.75, 3.05) is 12.0 Å². The van der Waals surface area contributed by atoms with E-state index < -0.39 is 0 Å². The first kappa shape index (κ1) is 15.7. The number of carbonyl (C=O) groups is 1. The van der Waals surface area contributed by atoms with Gasteiger partial charge in [0.2, 0.25) is 0 Å². The van der Waals surface area contributed by atoms with Crippen molar-refractivity contribution in [3.63, 3.8) is 0 Å². The van der Waals surface area contributed by atoms with Gasteiger partial charge in [0, 0.05) is 29.5 Å². The number of ether oxygens (including phenoxy) is 1. The average Bonchev–Trinajstić information content (AvgIpc) is 2.60. The van der Waals surface area contributed by atoms with Crippen LogP contribution in [0, 0.1) is 6.92 Å². The summed E-state index contributed by atoms with van der Waals surface area (Å²) in [5, 5.41) is 0.899. The van der Waals surface area contributed by atoms with Gasteiger partial charge in [-0.2, -0.15) is 0 Å². The number of benzene rings is 1. The molecule has 6 heteroatoms. The molecule has 24 heavy (non-hydrogen) atoms. The number of nitrogens with zero attached hydrogens (tertiary/aromatic N) is 2. The highest BCUT2D eigenvalue weighted by molar-refractivity contribution is 5.97. The van der Waals surface area contributed by atoms with Crippen LogP contribution in [0.15, 0.2) is 48.8 Å². The predicted molar refractivity (Wildman–Crippen MR) is 93.0 cm³/mol. The number of pyridine rings is 2. The summed E-state index contributed by atoms with van der Waals surface area (Å²) in [4.78, 5) is 20.6. The maximum Gasteiger partial charge on any atom is 0.271 e. The molecular weight excluding hydrogens is 304 g/mol. The van der Waals surface area contributed by atoms with Crippen LogP contribution in [0.4, 0.5) is 5.69 Å². The lowest BCUT2D eigenvalue weighted by Gasteiger charge is -2.13. The van der Waals surface area contributed by atoms with Gasteiger partial charge in [-0.3, -0.25) is 25.6 Å². The number of hydrazine groups is 1. The highest BCUT2D eigenvalue weighted by Gasteiger charge is 2.08. The summed E-state index contributed by atoms with van der Waals surface area (Å²) in [6.07, 6.45) is 3.14. The second kappa shape index (κ2) is 6.95. The monoisotopic (exact) mass is 322 g/mol. The Morgan fingerprint density at radius 3 is 2.88 bits per heavy atom. The normalized spacial score (nSPS) is 10.4. The third-order valence-electron chi connectivity index (χ3n) is 3.45. The third kappa shape index (κ3) is 3.43. The lowest BCUT2D eigenvalue weighted by molar-refractivity contribution is 0.0962. The molecule has 6 nitrogen and oxygen atoms in total. The highest BCUT2D eigenvalue weighted by atomic mass is 16.5. The Morgan fingerprint density at radius 1 is 1.25 bits per heavy atom. The number of rotatable bonds is 5. The number of anilines is 1. The van der Waals surface area contributed by atoms with Crippen LogP contribution < -0.4 is 15.6 Å². The Balaban J connectivity index is 1.85. The van der Waals surface area contributed by atoms with E-state index in [-0.39, 0.29) is 5.91 Å². The van der Waals surface area contributed by atoms with E-state index in [1.807, 2.05) is 38.1 Å². The molecule has 0 aliphatic carbocycles. The van der Waals surface area contributed by atoms with E-state index in [2.05, 4.69) is 20.8 Å². The minimum atomic E-state index is -0.253. The van der Waals surface area contributed by atoms with E-state index >= 15 is 0 Å². The minimum absolute atomic E-state index is 0.253. The fraction of sp³-hybridized carbons (Fsp3) is 0.167. The molecule has 3 aromatic rings. The van der Waals surface area contributed by atoms with Gasteiger partial charge in [0.25, 0.3) is 5.91 Å². The van der Waals surface area contributed by atoms with E-state index in [4.69, 9.17) is 4.74 Å². The number of hydrogen-bond acceptors (Lipinski definition) is 5. The lowest BCUT2D eigenvalue weighted by Crippen LogP contribution is -2.29. The van der Waals surface area contributed by atoms with Gasteiger partial charge in [-0.05, 0) is 44.2 Å². The lowest BCUT2D eigenvalue weighted by atomic mass is 10.1. The van der Waals surface area contributed by atoms with Crippen LogP contribution in [0.1, 0.15) is 23.0 Å². The van der Waals surface area contributed by atoms with Crippen LogP contribution in [0.2, 0.25) is 0 Å². The molecule has 0 saturated carbocycles. The van der Waals surface area contributed by atoms with Crippen LogP contribution in [0.25, 0.3) is 10.9 Å². The smallest absolute Gasteiger partial charge is 0.271 e. The maximum absolute atomic E-state index is 12.1. The van der Waals surface area contributed by atoms with E-state index in [1.54, 1.807) is 18.3 Å². The second-order valence-corrected chi connectivity index (χ2v) is 5.24. The molecule has 2 N–H and O–H groups in total. The molecule has 3 rings (SSSR count). The summed E-state index contributed by atoms with van der Waals surface area (Å²) in [7, 11) is 0. The SMILES string of the molecule is CCOc1ccc2c(NNC(=O)c3cccnc3)cc(C)nc2c1. The van der Waals surface area contributed by atoms with Crippen molar-refractivity contribution < 1.29 is 9.53 Å². The fourth-order valence-electron chi connectivity index (χ4n) is 2.39. The van der Waals surface area contributed by atoms with Crippen LogP contribution >= 0.6 is 0 Å². The molecule has 0 radical (unpaired) electrons. The number of fused-ring (bicyclic) bond motifs is 1. The third-order valence-corrected chi connectivity index (χ3v) is 3.45. The minimum Gasteiger partial charge on any atom is -0.494 e. The average molecular weight is 322 g/mol. The topological polar surface area (TPSA) is 76.1 Å². The van der Waals surface area contributed by atoms with Crippen LogP contribution in [0.5, 0.6) is 5.75 Å². The molecule has 0 fully saturated rings. The molecule has 0 aliphatic heterocycles. The second-order valence-electron chi connectivity index (χ2n) is 5.24. The van der Waals surface area contributed by atoms with E-state index in [1.165, 1.54) is 6.20 Å². The molecule has 1 amide bonds. The number of nitrogens with one attached hydrogen (secondary N) is 2. The zero-order chi connectivity index (χ0) is 16.9. The van der Waals surface area contributed by atoms with E-state index in [0.29, 0.717) is 12.2 Å². The summed E-state index contributed by atoms with van der Waals surface area (Å²) in [6, 6.07) is 11.0. The zero-order valence-corrected chi connectivity index (χ0v) is 13.5. The van der Waals surface area contributed by atoms with Gasteiger partial charge < -0.3 is 4.74 Å². The van der Waals surface area contributed by atoms with Crippen molar-refractivity contribution in [2.45, 2.75) is 13.8 Å². The van der Waals surface area contributed by atoms with E-state index in [9.17, 15) is 4.79 Å². The molecule has 0 atom stereocenters. The van der Waals surface area contributed by atoms with Crippen molar-refractivity contribution in [3.05, 3.63) is 60.0 Å². The fourth-order valence-corrected chi connectivity index (χ4v) is 2.39. The van der Waals surface area contributed by atoms with Crippen LogP contribution in [-0.4, -0.2) is 22.5 Å². The Labute approximate surface area is 139 Å². The summed E-state index contributed by atoms with van der Waals surface area (Å²) in [5.41, 5.74) is 8.56. The van der Waals surface area contributed by atoms with Crippen molar-refractivity contribution in [2.24, 2.45) is 0 Å². The predicted octanol–water partition coefficient (Wildman–Crippen LogP) is 3.09. The number of aromatic nitrogens is 2. The molecule has 2 aromatic heterocycles. The summed E-state index contributed by atoms with van der Waals surface area (Å²) in [5.74, 6) is 0.519. The van der Waals surface area contributed by atoms with Gasteiger partial charge in [-0.1, -0.05) is 0 Å². The molecule has 0 aliphatic rings. The highest BCUT2D eigenvalue weighted by Crippen LogP contribution is 2.26. The first-order valence-corrected chi connectivity index (χ1v) is 7.68. The standard InChI is InChI=1S/C18H18N4O2/c1-3-24-14-6-7-15-16(10-14)20-12(2)9-17(15)21-22-18(23)13-5-4-8-19-11-13/h4-11H,3H2,1-2H3,(H,20,21)(H,22,23). The Kier molecular flexibility index (Phi) is 4.56. The number of hydrogen-bond donors (Lipinski definition) is 2. The van der Waals surface area contributed by atoms with E-state index in [0.717, 1.165) is 28.0 Å². The Morgan fingerprint density at radius 2 is 2.12 bits per heavy atom. The Bertz CT molecular complexity index is 866. The number of aryl methyl sites for hydroxylation is 1.